The van der Waals surface area contributed by atoms with Gasteiger partial charge in [0.2, 0.25) is 0 Å². The highest BCUT2D eigenvalue weighted by molar-refractivity contribution is 7.90. The highest BCUT2D eigenvalue weighted by Gasteiger charge is 2.17. The van der Waals surface area contributed by atoms with Crippen molar-refractivity contribution < 1.29 is 23.1 Å². The van der Waals surface area contributed by atoms with Gasteiger partial charge in [-0.25, -0.2) is 8.42 Å². The van der Waals surface area contributed by atoms with Crippen LogP contribution in [0.1, 0.15) is 41.3 Å². The molecule has 0 fully saturated rings. The summed E-state index contributed by atoms with van der Waals surface area (Å²) < 4.78 is 23.8. The van der Waals surface area contributed by atoms with Gasteiger partial charge in [0.15, 0.2) is 9.84 Å². The number of anilines is 1. The minimum atomic E-state index is -3.43. The number of rotatable bonds is 6. The normalized spacial score (nSPS) is 12.4. The van der Waals surface area contributed by atoms with E-state index in [2.05, 4.69) is 5.32 Å². The van der Waals surface area contributed by atoms with Crippen LogP contribution in [0.5, 0.6) is 0 Å². The van der Waals surface area contributed by atoms with Crippen molar-refractivity contribution in [3.8, 4) is 0 Å². The highest BCUT2D eigenvalue weighted by Crippen LogP contribution is 2.21. The Kier molecular flexibility index (Phi) is 5.82. The molecule has 138 valence electrons. The predicted molar refractivity (Wildman–Crippen MR) is 99.4 cm³/mol. The monoisotopic (exact) mass is 375 g/mol. The second-order valence-electron chi connectivity index (χ2n) is 6.08. The fourth-order valence-electron chi connectivity index (χ4n) is 2.53. The second kappa shape index (κ2) is 7.70. The SMILES string of the molecule is CCc1ccc(C(=O)Nc2ccc(C(C)C(=O)O)cc2)cc1S(C)(=O)=O. The summed E-state index contributed by atoms with van der Waals surface area (Å²) in [6, 6.07) is 11.1. The molecule has 0 heterocycles. The summed E-state index contributed by atoms with van der Waals surface area (Å²) in [6.07, 6.45) is 1.67. The summed E-state index contributed by atoms with van der Waals surface area (Å²) >= 11 is 0. The first-order valence-corrected chi connectivity index (χ1v) is 9.99. The van der Waals surface area contributed by atoms with Crippen LogP contribution in [0.3, 0.4) is 0 Å². The van der Waals surface area contributed by atoms with Gasteiger partial charge >= 0.3 is 5.97 Å². The summed E-state index contributed by atoms with van der Waals surface area (Å²) in [5.74, 6) is -2.00. The zero-order chi connectivity index (χ0) is 19.5. The quantitative estimate of drug-likeness (QED) is 0.808. The summed E-state index contributed by atoms with van der Waals surface area (Å²) in [5, 5.41) is 11.7. The Morgan fingerprint density at radius 2 is 1.73 bits per heavy atom. The van der Waals surface area contributed by atoms with Crippen LogP contribution in [0.15, 0.2) is 47.4 Å². The number of nitrogens with one attached hydrogen (secondary N) is 1. The largest absolute Gasteiger partial charge is 0.481 e. The smallest absolute Gasteiger partial charge is 0.310 e. The number of amides is 1. The number of carbonyl (C=O) groups excluding carboxylic acids is 1. The van der Waals surface area contributed by atoms with Gasteiger partial charge in [0.05, 0.1) is 10.8 Å². The lowest BCUT2D eigenvalue weighted by Gasteiger charge is -2.11. The van der Waals surface area contributed by atoms with E-state index in [1.165, 1.54) is 6.07 Å². The van der Waals surface area contributed by atoms with Crippen LogP contribution in [-0.2, 0) is 21.1 Å². The first-order chi connectivity index (χ1) is 12.1. The van der Waals surface area contributed by atoms with Crippen LogP contribution in [-0.4, -0.2) is 31.7 Å². The van der Waals surface area contributed by atoms with E-state index < -0.39 is 27.6 Å². The van der Waals surface area contributed by atoms with Crippen LogP contribution in [0.25, 0.3) is 0 Å². The van der Waals surface area contributed by atoms with Crippen LogP contribution in [0, 0.1) is 0 Å². The van der Waals surface area contributed by atoms with E-state index in [-0.39, 0.29) is 10.5 Å². The predicted octanol–water partition coefficient (Wildman–Crippen LogP) is 3.09. The maximum atomic E-state index is 12.4. The maximum Gasteiger partial charge on any atom is 0.310 e. The molecule has 0 aromatic heterocycles. The number of hydrogen-bond acceptors (Lipinski definition) is 4. The van der Waals surface area contributed by atoms with Crippen LogP contribution in [0.2, 0.25) is 0 Å². The lowest BCUT2D eigenvalue weighted by molar-refractivity contribution is -0.138. The molecule has 1 unspecified atom stereocenters. The molecule has 2 rings (SSSR count). The Morgan fingerprint density at radius 3 is 2.23 bits per heavy atom. The Balaban J connectivity index is 2.24. The summed E-state index contributed by atoms with van der Waals surface area (Å²) in [7, 11) is -3.43. The number of carbonyl (C=O) groups is 2. The zero-order valence-electron chi connectivity index (χ0n) is 14.8. The van der Waals surface area contributed by atoms with Crippen molar-refractivity contribution in [1.82, 2.24) is 0 Å². The van der Waals surface area contributed by atoms with Gasteiger partial charge < -0.3 is 10.4 Å². The van der Waals surface area contributed by atoms with Gasteiger partial charge in [0.1, 0.15) is 0 Å². The van der Waals surface area contributed by atoms with Crippen molar-refractivity contribution in [1.29, 1.82) is 0 Å². The molecule has 26 heavy (non-hydrogen) atoms. The van der Waals surface area contributed by atoms with E-state index in [0.717, 1.165) is 6.26 Å². The van der Waals surface area contributed by atoms with E-state index >= 15 is 0 Å². The lowest BCUT2D eigenvalue weighted by atomic mass is 10.0. The molecule has 0 radical (unpaired) electrons. The number of carboxylic acid groups (broad SMARTS) is 1. The Morgan fingerprint density at radius 1 is 1.12 bits per heavy atom. The van der Waals surface area contributed by atoms with Crippen molar-refractivity contribution in [2.45, 2.75) is 31.1 Å². The molecule has 0 bridgehead atoms. The molecule has 7 heteroatoms. The number of benzene rings is 2. The van der Waals surface area contributed by atoms with Gasteiger partial charge in [0, 0.05) is 17.5 Å². The van der Waals surface area contributed by atoms with Crippen molar-refractivity contribution in [2.75, 3.05) is 11.6 Å². The summed E-state index contributed by atoms with van der Waals surface area (Å²) in [5.41, 5.74) is 2.03. The Bertz CT molecular complexity index is 933. The zero-order valence-corrected chi connectivity index (χ0v) is 15.6. The van der Waals surface area contributed by atoms with E-state index in [1.54, 1.807) is 43.3 Å². The van der Waals surface area contributed by atoms with Gasteiger partial charge in [-0.3, -0.25) is 9.59 Å². The molecule has 1 amide bonds. The molecule has 6 nitrogen and oxygen atoms in total. The molecule has 0 saturated heterocycles. The van der Waals surface area contributed by atoms with E-state index in [0.29, 0.717) is 23.2 Å². The van der Waals surface area contributed by atoms with E-state index in [9.17, 15) is 18.0 Å². The minimum absolute atomic E-state index is 0.151. The number of aryl methyl sites for hydroxylation is 1. The molecule has 0 spiro atoms. The first-order valence-electron chi connectivity index (χ1n) is 8.10. The molecule has 1 atom stereocenters. The number of aliphatic carboxylic acids is 1. The topological polar surface area (TPSA) is 101 Å². The average Bonchev–Trinajstić information content (AvgIpc) is 2.60. The molecule has 0 saturated carbocycles. The van der Waals surface area contributed by atoms with E-state index in [1.807, 2.05) is 6.92 Å². The van der Waals surface area contributed by atoms with Gasteiger partial charge in [0.25, 0.3) is 5.91 Å². The van der Waals surface area contributed by atoms with Crippen molar-refractivity contribution in [3.05, 3.63) is 59.2 Å². The van der Waals surface area contributed by atoms with Gasteiger partial charge in [-0.15, -0.1) is 0 Å². The third-order valence-electron chi connectivity index (χ3n) is 4.15. The molecular formula is C19H21NO5S. The van der Waals surface area contributed by atoms with Gasteiger partial charge in [-0.1, -0.05) is 25.1 Å². The van der Waals surface area contributed by atoms with Gasteiger partial charge in [-0.2, -0.15) is 0 Å². The number of hydrogen-bond donors (Lipinski definition) is 2. The molecule has 2 aromatic carbocycles. The third-order valence-corrected chi connectivity index (χ3v) is 5.33. The Labute approximate surface area is 152 Å². The summed E-state index contributed by atoms with van der Waals surface area (Å²) in [4.78, 5) is 23.6. The number of carboxylic acids is 1. The highest BCUT2D eigenvalue weighted by atomic mass is 32.2. The van der Waals surface area contributed by atoms with Crippen LogP contribution in [0.4, 0.5) is 5.69 Å². The number of sulfone groups is 1. The minimum Gasteiger partial charge on any atom is -0.481 e. The molecule has 0 aliphatic carbocycles. The average molecular weight is 375 g/mol. The molecule has 2 aromatic rings. The van der Waals surface area contributed by atoms with Gasteiger partial charge in [-0.05, 0) is 48.7 Å². The third kappa shape index (κ3) is 4.49. The maximum absolute atomic E-state index is 12.4. The van der Waals surface area contributed by atoms with Crippen molar-refractivity contribution in [2.24, 2.45) is 0 Å². The second-order valence-corrected chi connectivity index (χ2v) is 8.07. The van der Waals surface area contributed by atoms with E-state index in [4.69, 9.17) is 5.11 Å². The Hall–Kier alpha value is -2.67. The molecular weight excluding hydrogens is 354 g/mol. The summed E-state index contributed by atoms with van der Waals surface area (Å²) in [6.45, 7) is 3.43. The van der Waals surface area contributed by atoms with Crippen LogP contribution < -0.4 is 5.32 Å². The molecule has 0 aliphatic rings. The fourth-order valence-corrected chi connectivity index (χ4v) is 3.56. The fraction of sp³-hybridized carbons (Fsp3) is 0.263. The standard InChI is InChI=1S/C19H21NO5S/c1-4-13-5-6-15(11-17(13)26(3,24)25)18(21)20-16-9-7-14(8-10-16)12(2)19(22)23/h5-12H,4H2,1-3H3,(H,20,21)(H,22,23). The first kappa shape index (κ1) is 19.7. The lowest BCUT2D eigenvalue weighted by Crippen LogP contribution is -2.14. The van der Waals surface area contributed by atoms with Crippen LogP contribution >= 0.6 is 0 Å². The molecule has 2 N–H and O–H groups in total. The van der Waals surface area contributed by atoms with Crippen molar-refractivity contribution in [3.63, 3.8) is 0 Å². The molecule has 0 aliphatic heterocycles. The van der Waals surface area contributed by atoms with Crippen molar-refractivity contribution >= 4 is 27.4 Å².